The number of carbonyl (C=O) groups is 3. The summed E-state index contributed by atoms with van der Waals surface area (Å²) in [5.74, 6) is -1.62. The minimum atomic E-state index is -0.628. The fraction of sp³-hybridized carbons (Fsp3) is 0.348. The Balaban J connectivity index is 1.54. The first kappa shape index (κ1) is 18.5. The number of nitrogens with zero attached hydrogens (tertiary/aromatic N) is 2. The lowest BCUT2D eigenvalue weighted by Gasteiger charge is -2.27. The van der Waals surface area contributed by atoms with Gasteiger partial charge in [-0.15, -0.1) is 0 Å². The van der Waals surface area contributed by atoms with Gasteiger partial charge in [0.15, 0.2) is 5.78 Å². The van der Waals surface area contributed by atoms with Gasteiger partial charge >= 0.3 is 0 Å². The SMILES string of the molecule is Cc1ccc(C(=O)[C@@H]2[C@@H]3C(=O)N(c4ccc(Cl)cc4)C(=O)[C@@H]3[C@@H]3CCCN23)cc1. The van der Waals surface area contributed by atoms with E-state index >= 15 is 0 Å². The summed E-state index contributed by atoms with van der Waals surface area (Å²) in [5.41, 5.74) is 2.19. The highest BCUT2D eigenvalue weighted by Gasteiger charge is 2.64. The summed E-state index contributed by atoms with van der Waals surface area (Å²) in [7, 11) is 0. The van der Waals surface area contributed by atoms with E-state index in [1.807, 2.05) is 31.2 Å². The predicted octanol–water partition coefficient (Wildman–Crippen LogP) is 3.48. The average molecular weight is 409 g/mol. The van der Waals surface area contributed by atoms with Crippen LogP contribution in [0.15, 0.2) is 48.5 Å². The van der Waals surface area contributed by atoms with E-state index in [0.717, 1.165) is 24.9 Å². The molecule has 2 aromatic carbocycles. The van der Waals surface area contributed by atoms with Crippen LogP contribution in [0.25, 0.3) is 0 Å². The van der Waals surface area contributed by atoms with Crippen LogP contribution in [0.5, 0.6) is 0 Å². The second-order valence-corrected chi connectivity index (χ2v) is 8.60. The molecule has 3 aliphatic heterocycles. The molecular weight excluding hydrogens is 388 g/mol. The minimum Gasteiger partial charge on any atom is -0.292 e. The number of benzene rings is 2. The summed E-state index contributed by atoms with van der Waals surface area (Å²) in [6, 6.07) is 13.5. The highest BCUT2D eigenvalue weighted by atomic mass is 35.5. The molecule has 5 rings (SSSR count). The highest BCUT2D eigenvalue weighted by molar-refractivity contribution is 6.31. The van der Waals surface area contributed by atoms with E-state index in [-0.39, 0.29) is 23.6 Å². The van der Waals surface area contributed by atoms with Crippen molar-refractivity contribution < 1.29 is 14.4 Å². The number of fused-ring (bicyclic) bond motifs is 3. The number of hydrogen-bond acceptors (Lipinski definition) is 4. The number of hydrogen-bond donors (Lipinski definition) is 0. The standard InChI is InChI=1S/C23H21ClN2O3/c1-13-4-6-14(7-5-13)21(27)20-19-18(17-3-2-12-25(17)20)22(28)26(23(19)29)16-10-8-15(24)9-11-16/h4-11,17-20H,2-3,12H2,1H3/t17-,18+,19+,20-/m0/s1. The molecule has 29 heavy (non-hydrogen) atoms. The Morgan fingerprint density at radius 2 is 1.62 bits per heavy atom. The van der Waals surface area contributed by atoms with Crippen molar-refractivity contribution in [3.63, 3.8) is 0 Å². The van der Waals surface area contributed by atoms with Crippen LogP contribution in [-0.4, -0.2) is 41.1 Å². The van der Waals surface area contributed by atoms with E-state index < -0.39 is 17.9 Å². The van der Waals surface area contributed by atoms with E-state index in [9.17, 15) is 14.4 Å². The molecule has 0 saturated carbocycles. The number of amides is 2. The summed E-state index contributed by atoms with van der Waals surface area (Å²) in [4.78, 5) is 43.5. The summed E-state index contributed by atoms with van der Waals surface area (Å²) >= 11 is 5.96. The number of Topliss-reactive ketones (excluding diaryl/α,β-unsaturated/α-hetero) is 1. The first-order chi connectivity index (χ1) is 14.0. The number of rotatable bonds is 3. The molecule has 5 nitrogen and oxygen atoms in total. The first-order valence-corrected chi connectivity index (χ1v) is 10.3. The Morgan fingerprint density at radius 3 is 2.31 bits per heavy atom. The van der Waals surface area contributed by atoms with E-state index in [0.29, 0.717) is 16.3 Å². The third-order valence-corrected chi connectivity index (χ3v) is 6.79. The largest absolute Gasteiger partial charge is 0.292 e. The highest BCUT2D eigenvalue weighted by Crippen LogP contribution is 2.48. The quantitative estimate of drug-likeness (QED) is 0.576. The number of aryl methyl sites for hydroxylation is 1. The van der Waals surface area contributed by atoms with Crippen molar-refractivity contribution >= 4 is 34.9 Å². The fourth-order valence-corrected chi connectivity index (χ4v) is 5.37. The van der Waals surface area contributed by atoms with Crippen molar-refractivity contribution in [2.24, 2.45) is 11.8 Å². The number of anilines is 1. The van der Waals surface area contributed by atoms with Crippen molar-refractivity contribution in [2.75, 3.05) is 11.4 Å². The number of halogens is 1. The Morgan fingerprint density at radius 1 is 0.966 bits per heavy atom. The molecule has 148 valence electrons. The van der Waals surface area contributed by atoms with Gasteiger partial charge in [0.25, 0.3) is 0 Å². The van der Waals surface area contributed by atoms with Crippen LogP contribution in [0.1, 0.15) is 28.8 Å². The molecule has 0 bridgehead atoms. The molecule has 3 heterocycles. The second kappa shape index (κ2) is 6.78. The zero-order chi connectivity index (χ0) is 20.3. The molecule has 6 heteroatoms. The summed E-state index contributed by atoms with van der Waals surface area (Å²) < 4.78 is 0. The molecule has 0 aromatic heterocycles. The molecule has 0 N–H and O–H groups in total. The molecule has 3 saturated heterocycles. The molecule has 0 spiro atoms. The molecule has 3 aliphatic rings. The zero-order valence-corrected chi connectivity index (χ0v) is 16.8. The van der Waals surface area contributed by atoms with Crippen LogP contribution in [-0.2, 0) is 9.59 Å². The third kappa shape index (κ3) is 2.75. The summed E-state index contributed by atoms with van der Waals surface area (Å²) in [6.07, 6.45) is 1.78. The van der Waals surface area contributed by atoms with Crippen LogP contribution >= 0.6 is 11.6 Å². The van der Waals surface area contributed by atoms with E-state index in [2.05, 4.69) is 4.90 Å². The molecular formula is C23H21ClN2O3. The lowest BCUT2D eigenvalue weighted by atomic mass is 9.85. The van der Waals surface area contributed by atoms with Crippen LogP contribution in [0.2, 0.25) is 5.02 Å². The fourth-order valence-electron chi connectivity index (χ4n) is 5.25. The van der Waals surface area contributed by atoms with E-state index in [4.69, 9.17) is 11.6 Å². The lowest BCUT2D eigenvalue weighted by Crippen LogP contribution is -2.46. The molecule has 0 radical (unpaired) electrons. The van der Waals surface area contributed by atoms with Gasteiger partial charge in [-0.3, -0.25) is 19.3 Å². The van der Waals surface area contributed by atoms with Gasteiger partial charge in [-0.05, 0) is 50.6 Å². The monoisotopic (exact) mass is 408 g/mol. The maximum Gasteiger partial charge on any atom is 0.239 e. The number of carbonyl (C=O) groups excluding carboxylic acids is 3. The zero-order valence-electron chi connectivity index (χ0n) is 16.0. The van der Waals surface area contributed by atoms with Crippen molar-refractivity contribution in [3.05, 3.63) is 64.7 Å². The molecule has 2 aromatic rings. The minimum absolute atomic E-state index is 0.0480. The van der Waals surface area contributed by atoms with E-state index in [1.54, 1.807) is 24.3 Å². The van der Waals surface area contributed by atoms with Gasteiger partial charge in [-0.25, -0.2) is 4.90 Å². The van der Waals surface area contributed by atoms with Gasteiger partial charge in [0.2, 0.25) is 11.8 Å². The van der Waals surface area contributed by atoms with Gasteiger partial charge in [0.05, 0.1) is 23.6 Å². The predicted molar refractivity (Wildman–Crippen MR) is 110 cm³/mol. The Kier molecular flexibility index (Phi) is 4.33. The normalized spacial score (nSPS) is 28.7. The van der Waals surface area contributed by atoms with Crippen molar-refractivity contribution in [1.29, 1.82) is 0 Å². The van der Waals surface area contributed by atoms with Crippen molar-refractivity contribution in [2.45, 2.75) is 31.8 Å². The Labute approximate surface area is 174 Å². The molecule has 4 atom stereocenters. The van der Waals surface area contributed by atoms with E-state index in [1.165, 1.54) is 4.90 Å². The van der Waals surface area contributed by atoms with Gasteiger partial charge in [-0.1, -0.05) is 41.4 Å². The number of ketones is 1. The summed E-state index contributed by atoms with van der Waals surface area (Å²) in [5, 5.41) is 0.544. The van der Waals surface area contributed by atoms with Crippen LogP contribution in [0, 0.1) is 18.8 Å². The maximum absolute atomic E-state index is 13.4. The topological polar surface area (TPSA) is 57.7 Å². The molecule has 3 fully saturated rings. The third-order valence-electron chi connectivity index (χ3n) is 6.54. The van der Waals surface area contributed by atoms with Gasteiger partial charge in [0.1, 0.15) is 0 Å². The lowest BCUT2D eigenvalue weighted by molar-refractivity contribution is -0.123. The number of imide groups is 1. The molecule has 0 aliphatic carbocycles. The van der Waals surface area contributed by atoms with Crippen molar-refractivity contribution in [1.82, 2.24) is 4.90 Å². The first-order valence-electron chi connectivity index (χ1n) is 9.97. The Bertz CT molecular complexity index is 1000. The van der Waals surface area contributed by atoms with Gasteiger partial charge < -0.3 is 0 Å². The van der Waals surface area contributed by atoms with Gasteiger partial charge in [0, 0.05) is 16.6 Å². The van der Waals surface area contributed by atoms with Crippen LogP contribution < -0.4 is 4.90 Å². The maximum atomic E-state index is 13.4. The molecule has 0 unspecified atom stereocenters. The smallest absolute Gasteiger partial charge is 0.239 e. The van der Waals surface area contributed by atoms with Crippen molar-refractivity contribution in [3.8, 4) is 0 Å². The average Bonchev–Trinajstić information content (AvgIpc) is 3.35. The second-order valence-electron chi connectivity index (χ2n) is 8.16. The van der Waals surface area contributed by atoms with Crippen LogP contribution in [0.3, 0.4) is 0 Å². The Hall–Kier alpha value is -2.50. The summed E-state index contributed by atoms with van der Waals surface area (Å²) in [6.45, 7) is 2.72. The van der Waals surface area contributed by atoms with Gasteiger partial charge in [-0.2, -0.15) is 0 Å². The molecule has 2 amide bonds. The van der Waals surface area contributed by atoms with Crippen LogP contribution in [0.4, 0.5) is 5.69 Å².